The van der Waals surface area contributed by atoms with Gasteiger partial charge in [0.05, 0.1) is 18.4 Å². The smallest absolute Gasteiger partial charge is 0.256 e. The lowest BCUT2D eigenvalue weighted by atomic mass is 10.1. The summed E-state index contributed by atoms with van der Waals surface area (Å²) in [6.45, 7) is 0.661. The van der Waals surface area contributed by atoms with E-state index in [1.54, 1.807) is 24.3 Å². The van der Waals surface area contributed by atoms with Crippen LogP contribution >= 0.6 is 0 Å². The van der Waals surface area contributed by atoms with E-state index in [1.165, 1.54) is 6.08 Å². The molecule has 1 amide bonds. The Bertz CT molecular complexity index is 856. The third-order valence-corrected chi connectivity index (χ3v) is 4.84. The van der Waals surface area contributed by atoms with Gasteiger partial charge in [-0.05, 0) is 29.8 Å². The molecule has 1 aromatic rings. The third-order valence-electron chi connectivity index (χ3n) is 3.67. The van der Waals surface area contributed by atoms with Gasteiger partial charge in [-0.2, -0.15) is 0 Å². The lowest BCUT2D eigenvalue weighted by molar-refractivity contribution is -0.117. The highest BCUT2D eigenvalue weighted by molar-refractivity contribution is 7.90. The molecule has 0 aromatic heterocycles. The highest BCUT2D eigenvalue weighted by Crippen LogP contribution is 2.16. The van der Waals surface area contributed by atoms with Crippen LogP contribution in [0.25, 0.3) is 0 Å². The lowest BCUT2D eigenvalue weighted by Crippen LogP contribution is -2.38. The minimum atomic E-state index is -3.39. The Kier molecular flexibility index (Phi) is 4.39. The fraction of sp³-hybridized carbons (Fsp3) is 0.250. The number of carbonyl (C=O) groups is 1. The van der Waals surface area contributed by atoms with Crippen LogP contribution in [0.2, 0.25) is 0 Å². The molecule has 0 spiro atoms. The molecule has 1 aromatic carbocycles. The van der Waals surface area contributed by atoms with Crippen LogP contribution in [-0.4, -0.2) is 44.5 Å². The first-order valence-electron chi connectivity index (χ1n) is 7.37. The predicted molar refractivity (Wildman–Crippen MR) is 90.0 cm³/mol. The number of ether oxygens (including phenoxy) is 1. The molecule has 0 unspecified atom stereocenters. The largest absolute Gasteiger partial charge is 0.497 e. The van der Waals surface area contributed by atoms with Gasteiger partial charge < -0.3 is 15.0 Å². The molecule has 0 saturated heterocycles. The number of hydrogen-bond acceptors (Lipinski definition) is 5. The topological polar surface area (TPSA) is 88.1 Å². The monoisotopic (exact) mass is 347 g/mol. The van der Waals surface area contributed by atoms with Gasteiger partial charge in [0.2, 0.25) is 0 Å². The third kappa shape index (κ3) is 3.65. The van der Waals surface area contributed by atoms with E-state index in [-0.39, 0.29) is 18.2 Å². The Morgan fingerprint density at radius 1 is 1.38 bits per heavy atom. The normalized spacial score (nSPS) is 18.3. The number of sulfonamides is 1. The number of amides is 1. The van der Waals surface area contributed by atoms with E-state index >= 15 is 0 Å². The molecule has 7 nitrogen and oxygen atoms in total. The van der Waals surface area contributed by atoms with Crippen LogP contribution in [0.4, 0.5) is 0 Å². The standard InChI is InChI=1S/C16H17N3O4S/c1-23-14-4-2-3-12(9-14)10-17-16(20)13-5-6-15-18-24(21,22)8-7-19(15)11-13/h2-6,9,11H,7-8,10H2,1H3,(H,17,20). The molecule has 8 heteroatoms. The summed E-state index contributed by atoms with van der Waals surface area (Å²) < 4.78 is 31.8. The summed E-state index contributed by atoms with van der Waals surface area (Å²) in [6, 6.07) is 7.44. The molecule has 0 radical (unpaired) electrons. The minimum Gasteiger partial charge on any atom is -0.497 e. The number of carbonyl (C=O) groups excluding carboxylic acids is 1. The summed E-state index contributed by atoms with van der Waals surface area (Å²) in [4.78, 5) is 13.9. The van der Waals surface area contributed by atoms with Gasteiger partial charge in [-0.15, -0.1) is 4.40 Å². The molecule has 0 aliphatic carbocycles. The second kappa shape index (κ2) is 6.48. The fourth-order valence-corrected chi connectivity index (χ4v) is 3.37. The second-order valence-electron chi connectivity index (χ2n) is 5.38. The van der Waals surface area contributed by atoms with E-state index in [1.807, 2.05) is 24.3 Å². The van der Waals surface area contributed by atoms with E-state index in [9.17, 15) is 13.2 Å². The summed E-state index contributed by atoms with van der Waals surface area (Å²) in [6.07, 6.45) is 4.72. The van der Waals surface area contributed by atoms with Crippen molar-refractivity contribution in [1.82, 2.24) is 10.2 Å². The number of nitrogens with zero attached hydrogens (tertiary/aromatic N) is 2. The molecule has 0 fully saturated rings. The molecular formula is C16H17N3O4S. The number of hydrogen-bond donors (Lipinski definition) is 1. The number of benzene rings is 1. The van der Waals surface area contributed by atoms with E-state index in [2.05, 4.69) is 9.71 Å². The first-order chi connectivity index (χ1) is 11.5. The van der Waals surface area contributed by atoms with Gasteiger partial charge in [-0.1, -0.05) is 12.1 Å². The summed E-state index contributed by atoms with van der Waals surface area (Å²) in [5, 5.41) is 2.83. The average molecular weight is 347 g/mol. The summed E-state index contributed by atoms with van der Waals surface area (Å²) in [7, 11) is -1.80. The lowest BCUT2D eigenvalue weighted by Gasteiger charge is -2.26. The van der Waals surface area contributed by atoms with Crippen LogP contribution in [0, 0.1) is 0 Å². The van der Waals surface area contributed by atoms with Gasteiger partial charge in [0, 0.05) is 19.3 Å². The van der Waals surface area contributed by atoms with Crippen LogP contribution in [0.3, 0.4) is 0 Å². The minimum absolute atomic E-state index is 0.0560. The van der Waals surface area contributed by atoms with Gasteiger partial charge in [0.1, 0.15) is 11.6 Å². The van der Waals surface area contributed by atoms with Crippen molar-refractivity contribution in [2.75, 3.05) is 19.4 Å². The van der Waals surface area contributed by atoms with Crippen molar-refractivity contribution in [3.8, 4) is 5.75 Å². The number of methoxy groups -OCH3 is 1. The molecular weight excluding hydrogens is 330 g/mol. The molecule has 0 atom stereocenters. The van der Waals surface area contributed by atoms with Gasteiger partial charge in [-0.3, -0.25) is 4.79 Å². The maximum atomic E-state index is 12.3. The molecule has 126 valence electrons. The molecule has 2 aliphatic heterocycles. The number of rotatable bonds is 4. The Morgan fingerprint density at radius 3 is 3.00 bits per heavy atom. The fourth-order valence-electron chi connectivity index (χ4n) is 2.40. The van der Waals surface area contributed by atoms with Gasteiger partial charge in [-0.25, -0.2) is 8.42 Å². The van der Waals surface area contributed by atoms with Crippen molar-refractivity contribution in [3.63, 3.8) is 0 Å². The van der Waals surface area contributed by atoms with Crippen molar-refractivity contribution in [1.29, 1.82) is 0 Å². The molecule has 3 rings (SSSR count). The van der Waals surface area contributed by atoms with E-state index in [0.717, 1.165) is 11.3 Å². The van der Waals surface area contributed by atoms with Gasteiger partial charge in [0.15, 0.2) is 0 Å². The molecule has 0 saturated carbocycles. The predicted octanol–water partition coefficient (Wildman–Crippen LogP) is 0.809. The van der Waals surface area contributed by atoms with Crippen molar-refractivity contribution in [2.45, 2.75) is 6.54 Å². The zero-order chi connectivity index (χ0) is 17.2. The quantitative estimate of drug-likeness (QED) is 0.871. The van der Waals surface area contributed by atoms with Crippen LogP contribution in [0.5, 0.6) is 5.75 Å². The first kappa shape index (κ1) is 16.3. The van der Waals surface area contributed by atoms with Crippen LogP contribution in [0.15, 0.2) is 52.6 Å². The maximum absolute atomic E-state index is 12.3. The van der Waals surface area contributed by atoms with Crippen molar-refractivity contribution in [2.24, 2.45) is 4.40 Å². The zero-order valence-electron chi connectivity index (χ0n) is 13.1. The number of fused-ring (bicyclic) bond motifs is 1. The van der Waals surface area contributed by atoms with E-state index in [4.69, 9.17) is 4.74 Å². The van der Waals surface area contributed by atoms with Crippen molar-refractivity contribution in [3.05, 3.63) is 53.8 Å². The van der Waals surface area contributed by atoms with Crippen LogP contribution in [0.1, 0.15) is 5.56 Å². The molecule has 2 aliphatic rings. The van der Waals surface area contributed by atoms with Gasteiger partial charge >= 0.3 is 0 Å². The molecule has 2 heterocycles. The second-order valence-corrected chi connectivity index (χ2v) is 7.14. The van der Waals surface area contributed by atoms with Crippen molar-refractivity contribution >= 4 is 21.8 Å². The maximum Gasteiger partial charge on any atom is 0.256 e. The van der Waals surface area contributed by atoms with E-state index < -0.39 is 10.0 Å². The Labute approximate surface area is 140 Å². The summed E-state index contributed by atoms with van der Waals surface area (Å²) in [5.74, 6) is 0.778. The molecule has 0 bridgehead atoms. The first-order valence-corrected chi connectivity index (χ1v) is 8.98. The molecule has 1 N–H and O–H groups in total. The highest BCUT2D eigenvalue weighted by Gasteiger charge is 2.24. The Hall–Kier alpha value is -2.61. The average Bonchev–Trinajstić information content (AvgIpc) is 2.58. The van der Waals surface area contributed by atoms with Crippen molar-refractivity contribution < 1.29 is 17.9 Å². The number of nitrogens with one attached hydrogen (secondary N) is 1. The highest BCUT2D eigenvalue weighted by atomic mass is 32.2. The Morgan fingerprint density at radius 2 is 2.21 bits per heavy atom. The summed E-state index contributed by atoms with van der Waals surface area (Å²) >= 11 is 0. The molecule has 24 heavy (non-hydrogen) atoms. The van der Waals surface area contributed by atoms with Crippen LogP contribution < -0.4 is 10.1 Å². The van der Waals surface area contributed by atoms with Gasteiger partial charge in [0.25, 0.3) is 15.9 Å². The van der Waals surface area contributed by atoms with E-state index in [0.29, 0.717) is 18.0 Å². The Balaban J connectivity index is 1.66. The van der Waals surface area contributed by atoms with Crippen LogP contribution in [-0.2, 0) is 21.4 Å². The number of amidine groups is 1. The SMILES string of the molecule is COc1cccc(CNC(=O)C2=CN3CCS(=O)(=O)N=C3C=C2)c1. The zero-order valence-corrected chi connectivity index (χ0v) is 13.9. The summed E-state index contributed by atoms with van der Waals surface area (Å²) in [5.41, 5.74) is 1.38.